The van der Waals surface area contributed by atoms with Crippen molar-refractivity contribution in [2.24, 2.45) is 0 Å². The number of hydrogen-bond acceptors (Lipinski definition) is 4. The van der Waals surface area contributed by atoms with Crippen molar-refractivity contribution < 1.29 is 0 Å². The Bertz CT molecular complexity index is 3850. The van der Waals surface area contributed by atoms with Crippen molar-refractivity contribution in [3.63, 3.8) is 0 Å². The van der Waals surface area contributed by atoms with Crippen LogP contribution in [0.5, 0.6) is 0 Å². The van der Waals surface area contributed by atoms with Gasteiger partial charge in [-0.15, -0.1) is 11.3 Å². The normalized spacial score (nSPS) is 11.8. The summed E-state index contributed by atoms with van der Waals surface area (Å²) in [6.07, 6.45) is 0. The summed E-state index contributed by atoms with van der Waals surface area (Å²) in [5.74, 6) is 1.88. The number of para-hydroxylation sites is 4. The van der Waals surface area contributed by atoms with Crippen LogP contribution in [0.2, 0.25) is 0 Å². The van der Waals surface area contributed by atoms with Crippen LogP contribution < -0.4 is 0 Å². The van der Waals surface area contributed by atoms with E-state index in [1.165, 1.54) is 58.6 Å². The summed E-state index contributed by atoms with van der Waals surface area (Å²) in [5.41, 5.74) is 11.9. The smallest absolute Gasteiger partial charge is 0.166 e. The van der Waals surface area contributed by atoms with Crippen molar-refractivity contribution in [1.29, 1.82) is 0 Å². The van der Waals surface area contributed by atoms with Crippen LogP contribution in [0.1, 0.15) is 0 Å². The highest BCUT2D eigenvalue weighted by Gasteiger charge is 2.24. The Balaban J connectivity index is 1.10. The number of nitrogens with zero attached hydrogens (tertiary/aromatic N) is 5. The molecule has 0 N–H and O–H groups in total. The second kappa shape index (κ2) is 14.2. The van der Waals surface area contributed by atoms with E-state index in [-0.39, 0.29) is 0 Å². The molecule has 0 saturated heterocycles. The molecule has 0 radical (unpaired) electrons. The van der Waals surface area contributed by atoms with Gasteiger partial charge in [-0.05, 0) is 53.6 Å². The first-order chi connectivity index (χ1) is 31.3. The Kier molecular flexibility index (Phi) is 8.01. The van der Waals surface area contributed by atoms with E-state index < -0.39 is 0 Å². The molecule has 0 amide bonds. The van der Waals surface area contributed by atoms with Crippen LogP contribution in [0.25, 0.3) is 120 Å². The van der Waals surface area contributed by atoms with E-state index in [9.17, 15) is 0 Å². The summed E-state index contributed by atoms with van der Waals surface area (Å²) in [5, 5.41) is 7.31. The largest absolute Gasteiger partial charge is 0.308 e. The highest BCUT2D eigenvalue weighted by Crippen LogP contribution is 2.47. The van der Waals surface area contributed by atoms with E-state index in [4.69, 9.17) is 15.0 Å². The first-order valence-electron chi connectivity index (χ1n) is 21.2. The van der Waals surface area contributed by atoms with Gasteiger partial charge in [0.25, 0.3) is 0 Å². The topological polar surface area (TPSA) is 48.5 Å². The quantitative estimate of drug-likeness (QED) is 0.168. The Morgan fingerprint density at radius 2 is 0.825 bits per heavy atom. The van der Waals surface area contributed by atoms with Crippen molar-refractivity contribution in [2.45, 2.75) is 0 Å². The SMILES string of the molecule is c1ccc(-c2cccc(-c3nc(-c4ccccc4)nc(-c4cccc5c6ccc7c8cccc(-n9c%10ccccc%10c%10ccccc%109)c8sc7c6n(-c6ccccc6)c45)n3)c2)cc1. The Morgan fingerprint density at radius 1 is 0.317 bits per heavy atom. The van der Waals surface area contributed by atoms with E-state index in [0.29, 0.717) is 17.5 Å². The molecule has 0 aliphatic carbocycles. The number of thiophene rings is 1. The van der Waals surface area contributed by atoms with Gasteiger partial charge in [0.15, 0.2) is 17.5 Å². The van der Waals surface area contributed by atoms with E-state index in [1.807, 2.05) is 35.6 Å². The molecule has 63 heavy (non-hydrogen) atoms. The first kappa shape index (κ1) is 35.6. The second-order valence-electron chi connectivity index (χ2n) is 16.0. The van der Waals surface area contributed by atoms with Crippen LogP contribution in [0.15, 0.2) is 212 Å². The number of aromatic nitrogens is 5. The van der Waals surface area contributed by atoms with Gasteiger partial charge in [-0.3, -0.25) is 0 Å². The van der Waals surface area contributed by atoms with Crippen molar-refractivity contribution in [2.75, 3.05) is 0 Å². The summed E-state index contributed by atoms with van der Waals surface area (Å²) in [7, 11) is 0. The standard InChI is InChI=1S/C57H35N5S/c1-4-17-36(18-5-1)38-21-14-22-39(35-38)56-58-55(37-19-6-2-7-20-37)59-57(60-56)47-29-15-27-43-44-33-34-46-45-28-16-32-50(62-48-30-12-10-25-41(48)42-26-11-13-31-49(42)62)53(45)63-54(46)52(44)61(51(43)47)40-23-8-3-9-24-40/h1-35H. The van der Waals surface area contributed by atoms with E-state index >= 15 is 0 Å². The number of hydrogen-bond donors (Lipinski definition) is 0. The maximum atomic E-state index is 5.34. The number of rotatable bonds is 6. The maximum absolute atomic E-state index is 5.34. The maximum Gasteiger partial charge on any atom is 0.166 e. The van der Waals surface area contributed by atoms with Crippen LogP contribution in [-0.2, 0) is 0 Å². The minimum Gasteiger partial charge on any atom is -0.308 e. The van der Waals surface area contributed by atoms with Crippen LogP contribution >= 0.6 is 11.3 Å². The molecule has 0 unspecified atom stereocenters. The molecule has 0 aliphatic heterocycles. The molecular formula is C57H35N5S. The third-order valence-electron chi connectivity index (χ3n) is 12.4. The zero-order valence-electron chi connectivity index (χ0n) is 33.9. The molecule has 6 heteroatoms. The van der Waals surface area contributed by atoms with Gasteiger partial charge in [0, 0.05) is 54.7 Å². The van der Waals surface area contributed by atoms with E-state index in [0.717, 1.165) is 44.4 Å². The van der Waals surface area contributed by atoms with Crippen LogP contribution in [0.4, 0.5) is 0 Å². The molecule has 294 valence electrons. The molecule has 5 nitrogen and oxygen atoms in total. The Hall–Kier alpha value is -8.19. The minimum absolute atomic E-state index is 0.621. The zero-order valence-corrected chi connectivity index (χ0v) is 34.7. The lowest BCUT2D eigenvalue weighted by molar-refractivity contribution is 1.07. The summed E-state index contributed by atoms with van der Waals surface area (Å²) in [6, 6.07) is 75.3. The Labute approximate surface area is 366 Å². The van der Waals surface area contributed by atoms with Crippen molar-refractivity contribution in [3.05, 3.63) is 212 Å². The van der Waals surface area contributed by atoms with Crippen LogP contribution in [0, 0.1) is 0 Å². The molecule has 0 atom stereocenters. The predicted molar refractivity (Wildman–Crippen MR) is 263 cm³/mol. The summed E-state index contributed by atoms with van der Waals surface area (Å²) in [6.45, 7) is 0. The van der Waals surface area contributed by atoms with E-state index in [1.54, 1.807) is 0 Å². The fourth-order valence-corrected chi connectivity index (χ4v) is 10.9. The molecule has 13 rings (SSSR count). The fourth-order valence-electron chi connectivity index (χ4n) is 9.57. The molecular weight excluding hydrogens is 787 g/mol. The minimum atomic E-state index is 0.621. The lowest BCUT2D eigenvalue weighted by Crippen LogP contribution is -2.02. The van der Waals surface area contributed by atoms with Gasteiger partial charge < -0.3 is 9.13 Å². The summed E-state index contributed by atoms with van der Waals surface area (Å²) in [4.78, 5) is 15.8. The van der Waals surface area contributed by atoms with Gasteiger partial charge in [0.05, 0.1) is 37.2 Å². The lowest BCUT2D eigenvalue weighted by atomic mass is 10.0. The van der Waals surface area contributed by atoms with Gasteiger partial charge in [0.2, 0.25) is 0 Å². The average Bonchev–Trinajstić information content (AvgIpc) is 4.03. The average molecular weight is 822 g/mol. The molecule has 9 aromatic carbocycles. The molecule has 0 fully saturated rings. The fraction of sp³-hybridized carbons (Fsp3) is 0. The molecule has 13 aromatic rings. The summed E-state index contributed by atoms with van der Waals surface area (Å²) >= 11 is 1.87. The number of fused-ring (bicyclic) bond motifs is 10. The van der Waals surface area contributed by atoms with Crippen LogP contribution in [-0.4, -0.2) is 24.1 Å². The third kappa shape index (κ3) is 5.59. The monoisotopic (exact) mass is 821 g/mol. The van der Waals surface area contributed by atoms with Crippen molar-refractivity contribution in [1.82, 2.24) is 24.1 Å². The number of benzene rings is 9. The zero-order chi connectivity index (χ0) is 41.4. The molecule has 0 saturated carbocycles. The molecule has 0 spiro atoms. The van der Waals surface area contributed by atoms with Gasteiger partial charge in [-0.1, -0.05) is 170 Å². The molecule has 4 heterocycles. The van der Waals surface area contributed by atoms with Crippen molar-refractivity contribution in [3.8, 4) is 56.7 Å². The van der Waals surface area contributed by atoms with Gasteiger partial charge in [-0.2, -0.15) is 0 Å². The Morgan fingerprint density at radius 3 is 1.57 bits per heavy atom. The van der Waals surface area contributed by atoms with Crippen molar-refractivity contribution >= 4 is 75.1 Å². The van der Waals surface area contributed by atoms with Gasteiger partial charge >= 0.3 is 0 Å². The predicted octanol–water partition coefficient (Wildman–Crippen LogP) is 15.1. The molecule has 0 aliphatic rings. The van der Waals surface area contributed by atoms with Crippen LogP contribution in [0.3, 0.4) is 0 Å². The summed E-state index contributed by atoms with van der Waals surface area (Å²) < 4.78 is 7.38. The third-order valence-corrected chi connectivity index (χ3v) is 13.6. The van der Waals surface area contributed by atoms with E-state index in [2.05, 4.69) is 197 Å². The highest BCUT2D eigenvalue weighted by molar-refractivity contribution is 7.27. The first-order valence-corrected chi connectivity index (χ1v) is 22.0. The highest BCUT2D eigenvalue weighted by atomic mass is 32.1. The molecule has 4 aromatic heterocycles. The molecule has 0 bridgehead atoms. The lowest BCUT2D eigenvalue weighted by Gasteiger charge is -2.13. The van der Waals surface area contributed by atoms with Gasteiger partial charge in [-0.25, -0.2) is 15.0 Å². The van der Waals surface area contributed by atoms with Gasteiger partial charge in [0.1, 0.15) is 0 Å². The second-order valence-corrected chi connectivity index (χ2v) is 17.0.